The molecule has 0 aliphatic carbocycles. The Morgan fingerprint density at radius 3 is 2.29 bits per heavy atom. The number of rotatable bonds is 5. The largest absolute Gasteiger partial charge is 0.460 e. The molecule has 2 rings (SSSR count). The Bertz CT molecular complexity index is 731. The molecule has 154 valence electrons. The zero-order valence-electron chi connectivity index (χ0n) is 17.4. The van der Waals surface area contributed by atoms with Gasteiger partial charge in [-0.15, -0.1) is 0 Å². The van der Waals surface area contributed by atoms with Gasteiger partial charge in [0.05, 0.1) is 6.61 Å². The van der Waals surface area contributed by atoms with Crippen molar-refractivity contribution in [1.29, 1.82) is 0 Å². The molecule has 7 nitrogen and oxygen atoms in total. The molecule has 7 heteroatoms. The van der Waals surface area contributed by atoms with Crippen LogP contribution in [0.1, 0.15) is 49.2 Å². The molecule has 0 saturated carbocycles. The molecule has 0 atom stereocenters. The Morgan fingerprint density at radius 2 is 1.71 bits per heavy atom. The fourth-order valence-corrected chi connectivity index (χ4v) is 3.00. The lowest BCUT2D eigenvalue weighted by molar-refractivity contribution is -0.137. The maximum Gasteiger partial charge on any atom is 0.410 e. The minimum Gasteiger partial charge on any atom is -0.460 e. The van der Waals surface area contributed by atoms with Crippen LogP contribution in [0.2, 0.25) is 0 Å². The Morgan fingerprint density at radius 1 is 1.07 bits per heavy atom. The number of carbonyl (C=O) groups excluding carboxylic acids is 3. The van der Waals surface area contributed by atoms with Crippen molar-refractivity contribution >= 4 is 17.8 Å². The van der Waals surface area contributed by atoms with Crippen LogP contribution in [0.5, 0.6) is 0 Å². The first-order valence-corrected chi connectivity index (χ1v) is 9.62. The molecule has 1 fully saturated rings. The third-order valence-corrected chi connectivity index (χ3v) is 4.39. The van der Waals surface area contributed by atoms with Crippen molar-refractivity contribution in [3.05, 3.63) is 34.9 Å². The van der Waals surface area contributed by atoms with Crippen LogP contribution in [-0.2, 0) is 20.8 Å². The predicted molar refractivity (Wildman–Crippen MR) is 105 cm³/mol. The fourth-order valence-electron chi connectivity index (χ4n) is 3.00. The Hall–Kier alpha value is -2.41. The second-order valence-electron chi connectivity index (χ2n) is 7.95. The van der Waals surface area contributed by atoms with Gasteiger partial charge in [0.1, 0.15) is 5.60 Å². The molecule has 28 heavy (non-hydrogen) atoms. The average molecular weight is 390 g/mol. The van der Waals surface area contributed by atoms with Crippen LogP contribution in [0.3, 0.4) is 0 Å². The second-order valence-corrected chi connectivity index (χ2v) is 7.95. The zero-order valence-corrected chi connectivity index (χ0v) is 17.4. The maximum atomic E-state index is 12.5. The molecule has 0 N–H and O–H groups in total. The molecular formula is C21H30N2O5. The van der Waals surface area contributed by atoms with Crippen LogP contribution < -0.4 is 0 Å². The van der Waals surface area contributed by atoms with E-state index < -0.39 is 17.4 Å². The van der Waals surface area contributed by atoms with E-state index in [1.807, 2.05) is 39.8 Å². The average Bonchev–Trinajstić information content (AvgIpc) is 2.62. The van der Waals surface area contributed by atoms with E-state index in [0.29, 0.717) is 38.3 Å². The van der Waals surface area contributed by atoms with E-state index in [-0.39, 0.29) is 12.7 Å². The Kier molecular flexibility index (Phi) is 7.18. The van der Waals surface area contributed by atoms with Crippen LogP contribution >= 0.6 is 0 Å². The second kappa shape index (κ2) is 9.19. The summed E-state index contributed by atoms with van der Waals surface area (Å²) in [5.41, 5.74) is 1.56. The minimum atomic E-state index is -0.830. The van der Waals surface area contributed by atoms with Crippen LogP contribution in [0.4, 0.5) is 4.79 Å². The SMILES string of the molecule is CCOC(=O)C(=O)c1cc(C)ccc1CN1CCN(C(=O)OC(C)(C)C)CC1. The summed E-state index contributed by atoms with van der Waals surface area (Å²) in [4.78, 5) is 40.4. The van der Waals surface area contributed by atoms with Crippen molar-refractivity contribution < 1.29 is 23.9 Å². The number of hydrogen-bond donors (Lipinski definition) is 0. The number of piperazine rings is 1. The number of benzene rings is 1. The summed E-state index contributed by atoms with van der Waals surface area (Å²) in [6, 6.07) is 5.53. The number of ketones is 1. The van der Waals surface area contributed by atoms with Gasteiger partial charge in [0.2, 0.25) is 0 Å². The highest BCUT2D eigenvalue weighted by atomic mass is 16.6. The molecule has 1 amide bonds. The topological polar surface area (TPSA) is 76.2 Å². The van der Waals surface area contributed by atoms with Gasteiger partial charge in [-0.2, -0.15) is 0 Å². The van der Waals surface area contributed by atoms with Crippen molar-refractivity contribution in [3.8, 4) is 0 Å². The van der Waals surface area contributed by atoms with Crippen molar-refractivity contribution in [2.75, 3.05) is 32.8 Å². The number of amides is 1. The summed E-state index contributed by atoms with van der Waals surface area (Å²) in [7, 11) is 0. The fraction of sp³-hybridized carbons (Fsp3) is 0.571. The first kappa shape index (κ1) is 21.9. The molecule has 0 bridgehead atoms. The number of Topliss-reactive ketones (excluding diaryl/α,β-unsaturated/α-hetero) is 1. The summed E-state index contributed by atoms with van der Waals surface area (Å²) >= 11 is 0. The van der Waals surface area contributed by atoms with Crippen LogP contribution in [0.25, 0.3) is 0 Å². The van der Waals surface area contributed by atoms with Gasteiger partial charge in [0.15, 0.2) is 0 Å². The van der Waals surface area contributed by atoms with E-state index in [4.69, 9.17) is 9.47 Å². The molecule has 1 aliphatic rings. The lowest BCUT2D eigenvalue weighted by Gasteiger charge is -2.35. The maximum absolute atomic E-state index is 12.5. The third-order valence-electron chi connectivity index (χ3n) is 4.39. The monoisotopic (exact) mass is 390 g/mol. The zero-order chi connectivity index (χ0) is 20.9. The molecule has 1 aliphatic heterocycles. The smallest absolute Gasteiger partial charge is 0.410 e. The molecule has 1 saturated heterocycles. The molecule has 0 radical (unpaired) electrons. The lowest BCUT2D eigenvalue weighted by Crippen LogP contribution is -2.49. The van der Waals surface area contributed by atoms with Gasteiger partial charge in [-0.05, 0) is 46.2 Å². The molecule has 0 aromatic heterocycles. The summed E-state index contributed by atoms with van der Waals surface area (Å²) in [6.45, 7) is 12.2. The summed E-state index contributed by atoms with van der Waals surface area (Å²) in [5.74, 6) is -1.45. The van der Waals surface area contributed by atoms with E-state index >= 15 is 0 Å². The van der Waals surface area contributed by atoms with Crippen LogP contribution in [0.15, 0.2) is 18.2 Å². The van der Waals surface area contributed by atoms with Crippen molar-refractivity contribution in [3.63, 3.8) is 0 Å². The van der Waals surface area contributed by atoms with Gasteiger partial charge in [-0.25, -0.2) is 9.59 Å². The Labute approximate surface area is 166 Å². The number of hydrogen-bond acceptors (Lipinski definition) is 6. The number of carbonyl (C=O) groups is 3. The number of esters is 1. The molecular weight excluding hydrogens is 360 g/mol. The highest BCUT2D eigenvalue weighted by Gasteiger charge is 2.27. The summed E-state index contributed by atoms with van der Waals surface area (Å²) in [5, 5.41) is 0. The molecule has 0 spiro atoms. The molecule has 1 heterocycles. The first-order valence-electron chi connectivity index (χ1n) is 9.62. The van der Waals surface area contributed by atoms with Crippen molar-refractivity contribution in [2.24, 2.45) is 0 Å². The van der Waals surface area contributed by atoms with Crippen molar-refractivity contribution in [2.45, 2.75) is 46.8 Å². The van der Waals surface area contributed by atoms with E-state index in [2.05, 4.69) is 4.90 Å². The number of ether oxygens (including phenoxy) is 2. The standard InChI is InChI=1S/C21H30N2O5/c1-6-27-19(25)18(24)17-13-15(2)7-8-16(17)14-22-9-11-23(12-10-22)20(26)28-21(3,4)5/h7-8,13H,6,9-12,14H2,1-5H3. The van der Waals surface area contributed by atoms with Gasteiger partial charge in [0, 0.05) is 38.3 Å². The number of aryl methyl sites for hydroxylation is 1. The van der Waals surface area contributed by atoms with E-state index in [0.717, 1.165) is 11.1 Å². The predicted octanol–water partition coefficient (Wildman–Crippen LogP) is 2.79. The minimum absolute atomic E-state index is 0.165. The van der Waals surface area contributed by atoms with E-state index in [1.54, 1.807) is 17.9 Å². The third kappa shape index (κ3) is 6.05. The van der Waals surface area contributed by atoms with Gasteiger partial charge in [0.25, 0.3) is 5.78 Å². The lowest BCUT2D eigenvalue weighted by atomic mass is 10.00. The van der Waals surface area contributed by atoms with E-state index in [9.17, 15) is 14.4 Å². The van der Waals surface area contributed by atoms with Gasteiger partial charge < -0.3 is 14.4 Å². The van der Waals surface area contributed by atoms with Crippen LogP contribution in [0, 0.1) is 6.92 Å². The van der Waals surface area contributed by atoms with Crippen molar-refractivity contribution in [1.82, 2.24) is 9.80 Å². The molecule has 1 aromatic rings. The number of nitrogens with zero attached hydrogens (tertiary/aromatic N) is 2. The highest BCUT2D eigenvalue weighted by Crippen LogP contribution is 2.18. The van der Waals surface area contributed by atoms with Gasteiger partial charge >= 0.3 is 12.1 Å². The molecule has 1 aromatic carbocycles. The summed E-state index contributed by atoms with van der Waals surface area (Å²) < 4.78 is 10.3. The normalized spacial score (nSPS) is 15.2. The van der Waals surface area contributed by atoms with Gasteiger partial charge in [-0.1, -0.05) is 17.7 Å². The highest BCUT2D eigenvalue weighted by molar-refractivity contribution is 6.41. The van der Waals surface area contributed by atoms with Gasteiger partial charge in [-0.3, -0.25) is 9.69 Å². The van der Waals surface area contributed by atoms with E-state index in [1.165, 1.54) is 0 Å². The van der Waals surface area contributed by atoms with Crippen LogP contribution in [-0.4, -0.2) is 66.0 Å². The summed E-state index contributed by atoms with van der Waals surface area (Å²) in [6.07, 6.45) is -0.305. The Balaban J connectivity index is 2.02. The first-order chi connectivity index (χ1) is 13.1. The molecule has 0 unspecified atom stereocenters. The quantitative estimate of drug-likeness (QED) is 0.437.